The molecule has 248 valence electrons. The van der Waals surface area contributed by atoms with Crippen molar-refractivity contribution in [3.63, 3.8) is 0 Å². The van der Waals surface area contributed by atoms with Gasteiger partial charge in [0.15, 0.2) is 12.4 Å². The standard InChI is InChI=1S/C31H47NO11S/c1-29-12-10-21(33)17-20(29)8-9-22-23-11-13-31(38,30(23,2)18-24(34)27(22)29)25(35)19-43-28(37)42-15-5-3-4-7-26(36)32-14-6-16-44(39,40)41/h17,22-24,27,34,38H,3-16,18-19H2,1-2H3,(H,32,36)(H,39,40,41)/t22-,23-,24+,27+,29-,30-,31-/m0/s1. The van der Waals surface area contributed by atoms with Gasteiger partial charge < -0.3 is 25.0 Å². The number of carbonyl (C=O) groups excluding carboxylic acids is 4. The van der Waals surface area contributed by atoms with Crippen molar-refractivity contribution in [3.05, 3.63) is 11.6 Å². The Kier molecular flexibility index (Phi) is 10.6. The van der Waals surface area contributed by atoms with Gasteiger partial charge in [0.25, 0.3) is 10.1 Å². The van der Waals surface area contributed by atoms with Gasteiger partial charge in [0.05, 0.1) is 18.5 Å². The smallest absolute Gasteiger partial charge is 0.434 e. The first-order chi connectivity index (χ1) is 20.6. The van der Waals surface area contributed by atoms with Crippen molar-refractivity contribution >= 4 is 33.7 Å². The van der Waals surface area contributed by atoms with Gasteiger partial charge in [-0.2, -0.15) is 8.42 Å². The predicted molar refractivity (Wildman–Crippen MR) is 158 cm³/mol. The second kappa shape index (κ2) is 13.6. The second-order valence-corrected chi connectivity index (χ2v) is 15.2. The van der Waals surface area contributed by atoms with E-state index in [1.807, 2.05) is 6.92 Å². The number of hydrogen-bond acceptors (Lipinski definition) is 10. The zero-order chi connectivity index (χ0) is 32.3. The molecule has 0 aliphatic heterocycles. The number of unbranched alkanes of at least 4 members (excludes halogenated alkanes) is 2. The molecule has 0 aromatic heterocycles. The van der Waals surface area contributed by atoms with Crippen molar-refractivity contribution in [1.29, 1.82) is 0 Å². The van der Waals surface area contributed by atoms with Crippen LogP contribution in [0.4, 0.5) is 4.79 Å². The number of Topliss-reactive ketones (excluding diaryl/α,β-unsaturated/α-hetero) is 1. The molecule has 12 nitrogen and oxygen atoms in total. The van der Waals surface area contributed by atoms with E-state index in [0.717, 1.165) is 18.4 Å². The van der Waals surface area contributed by atoms with E-state index >= 15 is 0 Å². The van der Waals surface area contributed by atoms with E-state index in [-0.39, 0.29) is 73.7 Å². The molecule has 0 radical (unpaired) electrons. The molecular formula is C31H47NO11S. The molecule has 7 atom stereocenters. The van der Waals surface area contributed by atoms with Crippen LogP contribution in [0, 0.1) is 28.6 Å². The number of aliphatic hydroxyl groups is 2. The lowest BCUT2D eigenvalue weighted by Gasteiger charge is -2.60. The molecular weight excluding hydrogens is 594 g/mol. The Labute approximate surface area is 259 Å². The number of ketones is 2. The third-order valence-corrected chi connectivity index (χ3v) is 11.8. The van der Waals surface area contributed by atoms with Gasteiger partial charge in [0.2, 0.25) is 11.7 Å². The molecule has 4 rings (SSSR count). The van der Waals surface area contributed by atoms with Gasteiger partial charge in [-0.15, -0.1) is 0 Å². The molecule has 0 spiro atoms. The van der Waals surface area contributed by atoms with E-state index in [9.17, 15) is 37.8 Å². The van der Waals surface area contributed by atoms with Gasteiger partial charge >= 0.3 is 6.16 Å². The third-order valence-electron chi connectivity index (χ3n) is 11.0. The number of ether oxygens (including phenoxy) is 2. The van der Waals surface area contributed by atoms with E-state index in [0.29, 0.717) is 38.5 Å². The molecule has 0 aromatic rings. The first kappa shape index (κ1) is 34.5. The Hall–Kier alpha value is -2.35. The van der Waals surface area contributed by atoms with Crippen molar-refractivity contribution in [2.45, 2.75) is 103 Å². The lowest BCUT2D eigenvalue weighted by Crippen LogP contribution is -2.62. The maximum atomic E-state index is 13.4. The summed E-state index contributed by atoms with van der Waals surface area (Å²) in [6.45, 7) is 3.56. The Morgan fingerprint density at radius 1 is 1.05 bits per heavy atom. The van der Waals surface area contributed by atoms with Crippen molar-refractivity contribution in [1.82, 2.24) is 5.32 Å². The molecule has 4 N–H and O–H groups in total. The number of carbonyl (C=O) groups is 4. The van der Waals surface area contributed by atoms with Crippen molar-refractivity contribution in [2.24, 2.45) is 28.6 Å². The van der Waals surface area contributed by atoms with Crippen molar-refractivity contribution in [3.8, 4) is 0 Å². The molecule has 44 heavy (non-hydrogen) atoms. The minimum absolute atomic E-state index is 0.0200. The molecule has 0 bridgehead atoms. The highest BCUT2D eigenvalue weighted by Gasteiger charge is 2.68. The van der Waals surface area contributed by atoms with Crippen LogP contribution in [-0.4, -0.2) is 84.0 Å². The first-order valence-electron chi connectivity index (χ1n) is 15.8. The monoisotopic (exact) mass is 641 g/mol. The number of nitrogens with one attached hydrogen (secondary N) is 1. The number of rotatable bonds is 13. The van der Waals surface area contributed by atoms with Crippen LogP contribution in [0.2, 0.25) is 0 Å². The number of allylic oxidation sites excluding steroid dienone is 1. The van der Waals surface area contributed by atoms with E-state index in [1.165, 1.54) is 0 Å². The Morgan fingerprint density at radius 2 is 1.80 bits per heavy atom. The van der Waals surface area contributed by atoms with Crippen LogP contribution in [0.3, 0.4) is 0 Å². The number of hydrogen-bond donors (Lipinski definition) is 4. The van der Waals surface area contributed by atoms with Crippen LogP contribution in [0.5, 0.6) is 0 Å². The Balaban J connectivity index is 1.20. The summed E-state index contributed by atoms with van der Waals surface area (Å²) in [6, 6.07) is 0. The first-order valence-corrected chi connectivity index (χ1v) is 17.4. The van der Waals surface area contributed by atoms with Gasteiger partial charge in [0, 0.05) is 24.8 Å². The van der Waals surface area contributed by atoms with Gasteiger partial charge in [-0.05, 0) is 93.5 Å². The lowest BCUT2D eigenvalue weighted by molar-refractivity contribution is -0.182. The number of fused-ring (bicyclic) bond motifs is 5. The van der Waals surface area contributed by atoms with Crippen molar-refractivity contribution in [2.75, 3.05) is 25.5 Å². The Morgan fingerprint density at radius 3 is 2.52 bits per heavy atom. The van der Waals surface area contributed by atoms with Gasteiger partial charge in [-0.1, -0.05) is 19.4 Å². The summed E-state index contributed by atoms with van der Waals surface area (Å²) < 4.78 is 40.1. The minimum Gasteiger partial charge on any atom is -0.434 e. The average molecular weight is 642 g/mol. The summed E-state index contributed by atoms with van der Waals surface area (Å²) in [7, 11) is -4.05. The maximum absolute atomic E-state index is 13.4. The highest BCUT2D eigenvalue weighted by molar-refractivity contribution is 7.85. The second-order valence-electron chi connectivity index (χ2n) is 13.6. The van der Waals surface area contributed by atoms with Crippen molar-refractivity contribution < 1.29 is 51.8 Å². The van der Waals surface area contributed by atoms with Crippen LogP contribution in [0.15, 0.2) is 11.6 Å². The zero-order valence-electron chi connectivity index (χ0n) is 25.7. The van der Waals surface area contributed by atoms with E-state index in [2.05, 4.69) is 12.2 Å². The minimum atomic E-state index is -4.05. The average Bonchev–Trinajstić information content (AvgIpc) is 3.22. The fraction of sp³-hybridized carbons (Fsp3) is 0.806. The molecule has 0 heterocycles. The fourth-order valence-electron chi connectivity index (χ4n) is 8.73. The molecule has 0 aromatic carbocycles. The Bertz CT molecular complexity index is 1260. The maximum Gasteiger partial charge on any atom is 0.508 e. The van der Waals surface area contributed by atoms with Crippen LogP contribution in [0.25, 0.3) is 0 Å². The molecule has 3 fully saturated rings. The summed E-state index contributed by atoms with van der Waals surface area (Å²) in [6.07, 6.45) is 5.79. The van der Waals surface area contributed by atoms with Gasteiger partial charge in [-0.25, -0.2) is 4.79 Å². The summed E-state index contributed by atoms with van der Waals surface area (Å²) in [5.41, 5.74) is -1.76. The highest BCUT2D eigenvalue weighted by Crippen LogP contribution is 2.67. The predicted octanol–water partition coefficient (Wildman–Crippen LogP) is 2.90. The largest absolute Gasteiger partial charge is 0.508 e. The van der Waals surface area contributed by atoms with E-state index < -0.39 is 51.5 Å². The van der Waals surface area contributed by atoms with E-state index in [1.54, 1.807) is 6.08 Å². The van der Waals surface area contributed by atoms with Crippen LogP contribution < -0.4 is 5.32 Å². The summed E-state index contributed by atoms with van der Waals surface area (Å²) in [4.78, 5) is 49.4. The fourth-order valence-corrected chi connectivity index (χ4v) is 9.24. The van der Waals surface area contributed by atoms with Gasteiger partial charge in [0.1, 0.15) is 5.60 Å². The lowest BCUT2D eigenvalue weighted by atomic mass is 9.45. The molecule has 4 aliphatic carbocycles. The third kappa shape index (κ3) is 7.21. The molecule has 0 unspecified atom stereocenters. The summed E-state index contributed by atoms with van der Waals surface area (Å²) in [5, 5.41) is 25.8. The van der Waals surface area contributed by atoms with E-state index in [4.69, 9.17) is 14.0 Å². The highest BCUT2D eigenvalue weighted by atomic mass is 32.2. The van der Waals surface area contributed by atoms with Crippen LogP contribution >= 0.6 is 0 Å². The number of amides is 1. The quantitative estimate of drug-likeness (QED) is 0.131. The molecule has 0 saturated heterocycles. The van der Waals surface area contributed by atoms with Crippen LogP contribution in [-0.2, 0) is 34.0 Å². The molecule has 3 saturated carbocycles. The van der Waals surface area contributed by atoms with Crippen LogP contribution in [0.1, 0.15) is 90.9 Å². The summed E-state index contributed by atoms with van der Waals surface area (Å²) in [5.74, 6) is -1.03. The number of aliphatic hydroxyl groups excluding tert-OH is 1. The SMILES string of the molecule is C[C@]12CCC(=O)C=C1CC[C@@H]1[C@@H]2[C@H](O)C[C@@]2(C)[C@H]1CC[C@]2(O)C(=O)COC(=O)OCCCCCC(=O)NCCCS(=O)(=O)O. The zero-order valence-corrected chi connectivity index (χ0v) is 26.5. The summed E-state index contributed by atoms with van der Waals surface area (Å²) >= 11 is 0. The molecule has 13 heteroatoms. The molecule has 4 aliphatic rings. The normalized spacial score (nSPS) is 34.7. The molecule has 1 amide bonds. The van der Waals surface area contributed by atoms with Gasteiger partial charge in [-0.3, -0.25) is 18.9 Å². The topological polar surface area (TPSA) is 194 Å².